The maximum Gasteiger partial charge on any atom is 0.409 e. The van der Waals surface area contributed by atoms with E-state index in [9.17, 15) is 9.59 Å². The minimum atomic E-state index is -0.169. The molecule has 7 nitrogen and oxygen atoms in total. The summed E-state index contributed by atoms with van der Waals surface area (Å²) in [6.45, 7) is 7.63. The van der Waals surface area contributed by atoms with Gasteiger partial charge in [-0.2, -0.15) is 0 Å². The van der Waals surface area contributed by atoms with E-state index < -0.39 is 0 Å². The maximum absolute atomic E-state index is 12.1. The Morgan fingerprint density at radius 1 is 1.07 bits per heavy atom. The molecule has 3 aliphatic rings. The number of likely N-dealkylation sites (tertiary alicyclic amines) is 2. The summed E-state index contributed by atoms with van der Waals surface area (Å²) in [7, 11) is 0. The molecule has 0 aromatic carbocycles. The van der Waals surface area contributed by atoms with Gasteiger partial charge < -0.3 is 24.6 Å². The highest BCUT2D eigenvalue weighted by atomic mass is 16.6. The molecule has 1 N–H and O–H groups in total. The molecule has 0 bridgehead atoms. The van der Waals surface area contributed by atoms with E-state index in [4.69, 9.17) is 9.47 Å². The van der Waals surface area contributed by atoms with Crippen LogP contribution in [0.5, 0.6) is 0 Å². The van der Waals surface area contributed by atoms with Crippen LogP contribution < -0.4 is 5.32 Å². The van der Waals surface area contributed by atoms with Gasteiger partial charge in [-0.3, -0.25) is 4.79 Å². The van der Waals surface area contributed by atoms with Gasteiger partial charge in [-0.15, -0.1) is 0 Å². The van der Waals surface area contributed by atoms with Crippen LogP contribution in [0.15, 0.2) is 0 Å². The summed E-state index contributed by atoms with van der Waals surface area (Å²) in [6.07, 6.45) is 8.29. The Kier molecular flexibility index (Phi) is 8.40. The number of ether oxygens (including phenoxy) is 2. The highest BCUT2D eigenvalue weighted by Crippen LogP contribution is 2.26. The summed E-state index contributed by atoms with van der Waals surface area (Å²) in [5, 5.41) is 3.03. The molecule has 160 valence electrons. The third-order valence-electron chi connectivity index (χ3n) is 6.49. The number of piperidine rings is 2. The molecule has 0 unspecified atom stereocenters. The van der Waals surface area contributed by atoms with Crippen LogP contribution in [0.3, 0.4) is 0 Å². The predicted molar refractivity (Wildman–Crippen MR) is 107 cm³/mol. The number of carbonyl (C=O) groups is 2. The number of hydrogen-bond donors (Lipinski definition) is 1. The minimum absolute atomic E-state index is 0.169. The second-order valence-electron chi connectivity index (χ2n) is 8.37. The van der Waals surface area contributed by atoms with Gasteiger partial charge in [-0.1, -0.05) is 0 Å². The summed E-state index contributed by atoms with van der Waals surface area (Å²) < 4.78 is 10.7. The normalized spacial score (nSPS) is 25.0. The van der Waals surface area contributed by atoms with Gasteiger partial charge >= 0.3 is 6.09 Å². The maximum atomic E-state index is 12.1. The molecule has 3 saturated heterocycles. The molecular weight excluding hydrogens is 358 g/mol. The van der Waals surface area contributed by atoms with Crippen molar-refractivity contribution >= 4 is 12.0 Å². The summed E-state index contributed by atoms with van der Waals surface area (Å²) in [5.74, 6) is 0.827. The van der Waals surface area contributed by atoms with Gasteiger partial charge in [0.15, 0.2) is 0 Å². The lowest BCUT2D eigenvalue weighted by Gasteiger charge is -2.41. The van der Waals surface area contributed by atoms with Crippen LogP contribution in [0.25, 0.3) is 0 Å². The van der Waals surface area contributed by atoms with Crippen LogP contribution >= 0.6 is 0 Å². The molecule has 0 aromatic heterocycles. The highest BCUT2D eigenvalue weighted by molar-refractivity contribution is 5.75. The first-order valence-corrected chi connectivity index (χ1v) is 11.2. The van der Waals surface area contributed by atoms with Gasteiger partial charge in [0.2, 0.25) is 5.91 Å². The van der Waals surface area contributed by atoms with E-state index in [0.29, 0.717) is 31.5 Å². The molecule has 3 heterocycles. The molecule has 28 heavy (non-hydrogen) atoms. The van der Waals surface area contributed by atoms with E-state index in [1.54, 1.807) is 0 Å². The van der Waals surface area contributed by atoms with E-state index in [2.05, 4.69) is 10.2 Å². The van der Waals surface area contributed by atoms with Gasteiger partial charge in [-0.05, 0) is 70.9 Å². The molecule has 0 saturated carbocycles. The first kappa shape index (κ1) is 21.4. The van der Waals surface area contributed by atoms with Crippen LogP contribution in [-0.4, -0.2) is 79.9 Å². The van der Waals surface area contributed by atoms with E-state index in [1.165, 1.54) is 12.8 Å². The van der Waals surface area contributed by atoms with Crippen molar-refractivity contribution in [2.24, 2.45) is 5.92 Å². The third kappa shape index (κ3) is 6.34. The number of hydrogen-bond acceptors (Lipinski definition) is 5. The molecule has 7 heteroatoms. The fraction of sp³-hybridized carbons (Fsp3) is 0.905. The van der Waals surface area contributed by atoms with Crippen LogP contribution in [0.4, 0.5) is 4.79 Å². The van der Waals surface area contributed by atoms with Crippen LogP contribution in [0.2, 0.25) is 0 Å². The van der Waals surface area contributed by atoms with Gasteiger partial charge in [0.1, 0.15) is 0 Å². The molecule has 0 radical (unpaired) electrons. The third-order valence-corrected chi connectivity index (χ3v) is 6.49. The number of nitrogens with zero attached hydrogens (tertiary/aromatic N) is 2. The first-order chi connectivity index (χ1) is 13.7. The van der Waals surface area contributed by atoms with Crippen molar-refractivity contribution in [2.45, 2.75) is 70.4 Å². The molecule has 0 spiro atoms. The predicted octanol–water partition coefficient (Wildman–Crippen LogP) is 2.39. The number of rotatable bonds is 7. The Balaban J connectivity index is 1.27. The van der Waals surface area contributed by atoms with Crippen molar-refractivity contribution in [2.75, 3.05) is 45.9 Å². The minimum Gasteiger partial charge on any atom is -0.450 e. The Morgan fingerprint density at radius 3 is 2.46 bits per heavy atom. The fourth-order valence-corrected chi connectivity index (χ4v) is 4.69. The van der Waals surface area contributed by atoms with Crippen molar-refractivity contribution in [1.82, 2.24) is 15.1 Å². The molecule has 1 atom stereocenters. The number of amides is 2. The Bertz CT molecular complexity index is 494. The molecule has 2 amide bonds. The Morgan fingerprint density at radius 2 is 1.82 bits per heavy atom. The summed E-state index contributed by atoms with van der Waals surface area (Å²) in [4.78, 5) is 28.3. The lowest BCUT2D eigenvalue weighted by atomic mass is 9.90. The largest absolute Gasteiger partial charge is 0.450 e. The molecule has 0 aliphatic carbocycles. The van der Waals surface area contributed by atoms with Crippen LogP contribution in [-0.2, 0) is 14.3 Å². The van der Waals surface area contributed by atoms with Gasteiger partial charge in [-0.25, -0.2) is 4.79 Å². The van der Waals surface area contributed by atoms with Gasteiger partial charge in [0, 0.05) is 38.7 Å². The first-order valence-electron chi connectivity index (χ1n) is 11.2. The molecule has 3 aliphatic heterocycles. The zero-order valence-electron chi connectivity index (χ0n) is 17.4. The van der Waals surface area contributed by atoms with E-state index in [-0.39, 0.29) is 18.1 Å². The van der Waals surface area contributed by atoms with Crippen molar-refractivity contribution in [3.63, 3.8) is 0 Å². The Hall–Kier alpha value is -1.34. The average Bonchev–Trinajstić information content (AvgIpc) is 3.25. The van der Waals surface area contributed by atoms with Crippen molar-refractivity contribution in [3.05, 3.63) is 0 Å². The molecule has 3 rings (SSSR count). The molecule has 0 aromatic rings. The SMILES string of the molecule is CCOC(=O)N1CCC(N2CCC(CCC(=O)NC[C@H]3CCCO3)CC2)CC1. The zero-order valence-corrected chi connectivity index (χ0v) is 17.4. The van der Waals surface area contributed by atoms with E-state index >= 15 is 0 Å². The standard InChI is InChI=1S/C21H37N3O4/c1-2-27-21(26)24-13-9-18(10-14-24)23-11-7-17(8-12-23)5-6-20(25)22-16-19-4-3-15-28-19/h17-19H,2-16H2,1H3,(H,22,25)/t19-/m1/s1. The van der Waals surface area contributed by atoms with Crippen LogP contribution in [0, 0.1) is 5.92 Å². The quantitative estimate of drug-likeness (QED) is 0.717. The van der Waals surface area contributed by atoms with E-state index in [1.807, 2.05) is 11.8 Å². The zero-order chi connectivity index (χ0) is 19.8. The molecular formula is C21H37N3O4. The fourth-order valence-electron chi connectivity index (χ4n) is 4.69. The lowest BCUT2D eigenvalue weighted by Crippen LogP contribution is -2.49. The topological polar surface area (TPSA) is 71.1 Å². The number of carbonyl (C=O) groups excluding carboxylic acids is 2. The van der Waals surface area contributed by atoms with E-state index in [0.717, 1.165) is 64.9 Å². The molecule has 3 fully saturated rings. The number of nitrogens with one attached hydrogen (secondary N) is 1. The van der Waals surface area contributed by atoms with Crippen molar-refractivity contribution < 1.29 is 19.1 Å². The smallest absolute Gasteiger partial charge is 0.409 e. The summed E-state index contributed by atoms with van der Waals surface area (Å²) >= 11 is 0. The van der Waals surface area contributed by atoms with Crippen molar-refractivity contribution in [1.29, 1.82) is 0 Å². The second kappa shape index (κ2) is 11.0. The average molecular weight is 396 g/mol. The summed E-state index contributed by atoms with van der Waals surface area (Å²) in [6, 6.07) is 0.585. The van der Waals surface area contributed by atoms with Crippen LogP contribution in [0.1, 0.15) is 58.3 Å². The van der Waals surface area contributed by atoms with Crippen molar-refractivity contribution in [3.8, 4) is 0 Å². The van der Waals surface area contributed by atoms with Gasteiger partial charge in [0.05, 0.1) is 12.7 Å². The van der Waals surface area contributed by atoms with Gasteiger partial charge in [0.25, 0.3) is 0 Å². The highest BCUT2D eigenvalue weighted by Gasteiger charge is 2.30. The second-order valence-corrected chi connectivity index (χ2v) is 8.37. The monoisotopic (exact) mass is 395 g/mol. The summed E-state index contributed by atoms with van der Waals surface area (Å²) in [5.41, 5.74) is 0. The Labute approximate surface area is 169 Å². The lowest BCUT2D eigenvalue weighted by molar-refractivity contribution is -0.122.